The lowest BCUT2D eigenvalue weighted by Crippen LogP contribution is -2.19. The fraction of sp³-hybridized carbons (Fsp3) is 0.545. The molecule has 2 heterocycles. The standard InChI is InChI=1S/C11H14INO3/c1-7(8-2-3-16-6-8)13-5-9(12)4-10(13)11(14)15/h4-5,7-8H,2-3,6H2,1H3,(H,14,15). The van der Waals surface area contributed by atoms with E-state index >= 15 is 0 Å². The lowest BCUT2D eigenvalue weighted by molar-refractivity contribution is 0.0680. The number of aromatic carboxylic acids is 1. The molecule has 1 saturated heterocycles. The van der Waals surface area contributed by atoms with Gasteiger partial charge in [-0.1, -0.05) is 0 Å². The fourth-order valence-corrected chi connectivity index (χ4v) is 2.71. The molecule has 0 spiro atoms. The lowest BCUT2D eigenvalue weighted by atomic mass is 10.0. The lowest BCUT2D eigenvalue weighted by Gasteiger charge is -2.21. The van der Waals surface area contributed by atoms with Crippen molar-refractivity contribution in [1.82, 2.24) is 4.57 Å². The van der Waals surface area contributed by atoms with Gasteiger partial charge >= 0.3 is 5.97 Å². The van der Waals surface area contributed by atoms with Gasteiger partial charge in [-0.25, -0.2) is 4.79 Å². The summed E-state index contributed by atoms with van der Waals surface area (Å²) in [4.78, 5) is 11.1. The summed E-state index contributed by atoms with van der Waals surface area (Å²) in [5, 5.41) is 9.12. The second-order valence-electron chi connectivity index (χ2n) is 4.12. The van der Waals surface area contributed by atoms with E-state index < -0.39 is 5.97 Å². The molecule has 0 bridgehead atoms. The highest BCUT2D eigenvalue weighted by atomic mass is 127. The van der Waals surface area contributed by atoms with E-state index in [1.165, 1.54) is 0 Å². The van der Waals surface area contributed by atoms with E-state index in [1.807, 2.05) is 10.8 Å². The van der Waals surface area contributed by atoms with Gasteiger partial charge in [-0.3, -0.25) is 0 Å². The number of halogens is 1. The number of carboxylic acid groups (broad SMARTS) is 1. The Morgan fingerprint density at radius 2 is 2.50 bits per heavy atom. The SMILES string of the molecule is CC(C1CCOC1)n1cc(I)cc1C(=O)O. The predicted molar refractivity (Wildman–Crippen MR) is 67.7 cm³/mol. The summed E-state index contributed by atoms with van der Waals surface area (Å²) < 4.78 is 8.15. The molecule has 1 aromatic heterocycles. The molecule has 88 valence electrons. The fourth-order valence-electron chi connectivity index (χ4n) is 2.11. The minimum atomic E-state index is -0.867. The maximum atomic E-state index is 11.1. The molecule has 4 nitrogen and oxygen atoms in total. The first-order chi connectivity index (χ1) is 7.59. The summed E-state index contributed by atoms with van der Waals surface area (Å²) in [5.41, 5.74) is 0.365. The maximum Gasteiger partial charge on any atom is 0.352 e. The second-order valence-corrected chi connectivity index (χ2v) is 5.37. The van der Waals surface area contributed by atoms with E-state index in [2.05, 4.69) is 29.5 Å². The van der Waals surface area contributed by atoms with Crippen molar-refractivity contribution in [3.05, 3.63) is 21.5 Å². The largest absolute Gasteiger partial charge is 0.477 e. The Morgan fingerprint density at radius 3 is 3.06 bits per heavy atom. The zero-order valence-corrected chi connectivity index (χ0v) is 11.2. The van der Waals surface area contributed by atoms with E-state index in [0.717, 1.165) is 23.2 Å². The quantitative estimate of drug-likeness (QED) is 0.863. The summed E-state index contributed by atoms with van der Waals surface area (Å²) in [5.74, 6) is -0.449. The predicted octanol–water partition coefficient (Wildman–Crippen LogP) is 2.39. The van der Waals surface area contributed by atoms with Crippen LogP contribution >= 0.6 is 22.6 Å². The Kier molecular flexibility index (Phi) is 3.53. The minimum absolute atomic E-state index is 0.178. The molecular formula is C11H14INO3. The van der Waals surface area contributed by atoms with Crippen LogP contribution < -0.4 is 0 Å². The number of carboxylic acids is 1. The molecule has 1 N–H and O–H groups in total. The van der Waals surface area contributed by atoms with Gasteiger partial charge in [-0.2, -0.15) is 0 Å². The number of ether oxygens (including phenoxy) is 1. The summed E-state index contributed by atoms with van der Waals surface area (Å²) in [6.07, 6.45) is 2.90. The van der Waals surface area contributed by atoms with E-state index in [1.54, 1.807) is 6.07 Å². The number of hydrogen-bond donors (Lipinski definition) is 1. The second kappa shape index (κ2) is 4.75. The molecule has 0 amide bonds. The van der Waals surface area contributed by atoms with Gasteiger partial charge in [0.25, 0.3) is 0 Å². The Hall–Kier alpha value is -0.560. The highest BCUT2D eigenvalue weighted by Crippen LogP contribution is 2.28. The van der Waals surface area contributed by atoms with Gasteiger partial charge < -0.3 is 14.4 Å². The van der Waals surface area contributed by atoms with Crippen molar-refractivity contribution in [3.8, 4) is 0 Å². The summed E-state index contributed by atoms with van der Waals surface area (Å²) >= 11 is 2.14. The average Bonchev–Trinajstić information content (AvgIpc) is 2.84. The van der Waals surface area contributed by atoms with Crippen molar-refractivity contribution in [1.29, 1.82) is 0 Å². The molecule has 1 fully saturated rings. The molecule has 1 aliphatic rings. The van der Waals surface area contributed by atoms with Crippen molar-refractivity contribution >= 4 is 28.6 Å². The molecule has 16 heavy (non-hydrogen) atoms. The van der Waals surface area contributed by atoms with Gasteiger partial charge in [0, 0.05) is 28.3 Å². The number of aromatic nitrogens is 1. The van der Waals surface area contributed by atoms with Crippen LogP contribution in [-0.4, -0.2) is 28.9 Å². The maximum absolute atomic E-state index is 11.1. The highest BCUT2D eigenvalue weighted by Gasteiger charge is 2.26. The van der Waals surface area contributed by atoms with Crippen LogP contribution in [0.4, 0.5) is 0 Å². The van der Waals surface area contributed by atoms with Gasteiger partial charge in [-0.05, 0) is 42.0 Å². The smallest absolute Gasteiger partial charge is 0.352 e. The summed E-state index contributed by atoms with van der Waals surface area (Å²) in [7, 11) is 0. The van der Waals surface area contributed by atoms with Crippen LogP contribution in [0, 0.1) is 9.49 Å². The third kappa shape index (κ3) is 2.24. The van der Waals surface area contributed by atoms with Crippen LogP contribution in [0.15, 0.2) is 12.3 Å². The monoisotopic (exact) mass is 335 g/mol. The van der Waals surface area contributed by atoms with Gasteiger partial charge in [0.1, 0.15) is 5.69 Å². The van der Waals surface area contributed by atoms with Gasteiger partial charge in [-0.15, -0.1) is 0 Å². The molecule has 0 saturated carbocycles. The van der Waals surface area contributed by atoms with Crippen molar-refractivity contribution in [2.45, 2.75) is 19.4 Å². The number of carbonyl (C=O) groups is 1. The molecular weight excluding hydrogens is 321 g/mol. The Balaban J connectivity index is 2.27. The summed E-state index contributed by atoms with van der Waals surface area (Å²) in [6, 6.07) is 1.88. The van der Waals surface area contributed by atoms with E-state index in [0.29, 0.717) is 11.6 Å². The van der Waals surface area contributed by atoms with Crippen LogP contribution in [0.5, 0.6) is 0 Å². The van der Waals surface area contributed by atoms with Crippen molar-refractivity contribution in [2.75, 3.05) is 13.2 Å². The van der Waals surface area contributed by atoms with Gasteiger partial charge in [0.05, 0.1) is 6.61 Å². The minimum Gasteiger partial charge on any atom is -0.477 e. The molecule has 2 atom stereocenters. The van der Waals surface area contributed by atoms with E-state index in [4.69, 9.17) is 9.84 Å². The van der Waals surface area contributed by atoms with Gasteiger partial charge in [0.15, 0.2) is 0 Å². The molecule has 0 radical (unpaired) electrons. The van der Waals surface area contributed by atoms with Crippen LogP contribution in [0.3, 0.4) is 0 Å². The van der Waals surface area contributed by atoms with Crippen molar-refractivity contribution in [2.24, 2.45) is 5.92 Å². The first kappa shape index (κ1) is 11.9. The van der Waals surface area contributed by atoms with E-state index in [-0.39, 0.29) is 6.04 Å². The Morgan fingerprint density at radius 1 is 1.75 bits per heavy atom. The first-order valence-electron chi connectivity index (χ1n) is 5.28. The third-order valence-corrected chi connectivity index (χ3v) is 3.71. The van der Waals surface area contributed by atoms with Crippen LogP contribution in [0.25, 0.3) is 0 Å². The normalized spacial score (nSPS) is 22.2. The highest BCUT2D eigenvalue weighted by molar-refractivity contribution is 14.1. The molecule has 0 aromatic carbocycles. The molecule has 1 aromatic rings. The molecule has 2 rings (SSSR count). The Labute approximate surface area is 108 Å². The zero-order valence-electron chi connectivity index (χ0n) is 9.02. The molecule has 5 heteroatoms. The molecule has 2 unspecified atom stereocenters. The average molecular weight is 335 g/mol. The van der Waals surface area contributed by atoms with E-state index in [9.17, 15) is 4.79 Å². The van der Waals surface area contributed by atoms with Crippen molar-refractivity contribution < 1.29 is 14.6 Å². The first-order valence-corrected chi connectivity index (χ1v) is 6.36. The Bertz CT molecular complexity index is 396. The third-order valence-electron chi connectivity index (χ3n) is 3.12. The van der Waals surface area contributed by atoms with Crippen LogP contribution in [-0.2, 0) is 4.74 Å². The van der Waals surface area contributed by atoms with Crippen molar-refractivity contribution in [3.63, 3.8) is 0 Å². The molecule has 1 aliphatic heterocycles. The topological polar surface area (TPSA) is 51.5 Å². The number of nitrogens with zero attached hydrogens (tertiary/aromatic N) is 1. The van der Waals surface area contributed by atoms with Crippen LogP contribution in [0.2, 0.25) is 0 Å². The molecule has 0 aliphatic carbocycles. The number of rotatable bonds is 3. The number of hydrogen-bond acceptors (Lipinski definition) is 2. The zero-order chi connectivity index (χ0) is 11.7. The van der Waals surface area contributed by atoms with Crippen LogP contribution in [0.1, 0.15) is 29.9 Å². The van der Waals surface area contributed by atoms with Gasteiger partial charge in [0.2, 0.25) is 0 Å². The summed E-state index contributed by atoms with van der Waals surface area (Å²) in [6.45, 7) is 3.58.